The van der Waals surface area contributed by atoms with E-state index in [1.54, 1.807) is 12.4 Å². The first-order valence-corrected chi connectivity index (χ1v) is 5.28. The van der Waals surface area contributed by atoms with Crippen molar-refractivity contribution in [2.75, 3.05) is 5.32 Å². The van der Waals surface area contributed by atoms with E-state index in [0.717, 1.165) is 11.4 Å². The Bertz CT molecular complexity index is 316. The Hall–Kier alpha value is -1.25. The Kier molecular flexibility index (Phi) is 3.56. The average Bonchev–Trinajstić information content (AvgIpc) is 2.05. The fourth-order valence-corrected chi connectivity index (χ4v) is 1.22. The maximum Gasteiger partial charge on any atom is 0.146 e. The van der Waals surface area contributed by atoms with Gasteiger partial charge in [0.1, 0.15) is 11.4 Å². The lowest BCUT2D eigenvalue weighted by Gasteiger charge is -2.23. The number of anilines is 1. The first-order valence-electron chi connectivity index (χ1n) is 5.28. The van der Waals surface area contributed by atoms with Crippen molar-refractivity contribution < 1.29 is 4.74 Å². The second-order valence-electron chi connectivity index (χ2n) is 4.89. The lowest BCUT2D eigenvalue weighted by molar-refractivity contribution is 0.131. The van der Waals surface area contributed by atoms with Gasteiger partial charge in [0.05, 0.1) is 11.9 Å². The van der Waals surface area contributed by atoms with Gasteiger partial charge in [-0.25, -0.2) is 0 Å². The molecule has 1 heterocycles. The quantitative estimate of drug-likeness (QED) is 0.829. The van der Waals surface area contributed by atoms with Crippen LogP contribution in [0.3, 0.4) is 0 Å². The van der Waals surface area contributed by atoms with Crippen molar-refractivity contribution in [1.29, 1.82) is 0 Å². The molecule has 15 heavy (non-hydrogen) atoms. The van der Waals surface area contributed by atoms with Gasteiger partial charge in [0, 0.05) is 18.3 Å². The van der Waals surface area contributed by atoms with Crippen molar-refractivity contribution in [2.45, 2.75) is 46.3 Å². The summed E-state index contributed by atoms with van der Waals surface area (Å²) in [6, 6.07) is 2.26. The van der Waals surface area contributed by atoms with Crippen LogP contribution in [0.25, 0.3) is 0 Å². The van der Waals surface area contributed by atoms with Crippen LogP contribution in [-0.4, -0.2) is 16.6 Å². The van der Waals surface area contributed by atoms with E-state index < -0.39 is 0 Å². The number of nitrogens with one attached hydrogen (secondary N) is 1. The van der Waals surface area contributed by atoms with Gasteiger partial charge in [-0.1, -0.05) is 0 Å². The predicted molar refractivity (Wildman–Crippen MR) is 63.4 cm³/mol. The fraction of sp³-hybridized carbons (Fsp3) is 0.583. The minimum Gasteiger partial charge on any atom is -0.486 e. The number of hydrogen-bond donors (Lipinski definition) is 1. The third-order valence-corrected chi connectivity index (χ3v) is 1.64. The van der Waals surface area contributed by atoms with Crippen LogP contribution >= 0.6 is 0 Å². The molecule has 0 amide bonds. The van der Waals surface area contributed by atoms with Crippen LogP contribution in [0.2, 0.25) is 0 Å². The molecule has 0 aromatic carbocycles. The van der Waals surface area contributed by atoms with Crippen LogP contribution in [0.15, 0.2) is 18.5 Å². The highest BCUT2D eigenvalue weighted by molar-refractivity contribution is 5.54. The molecule has 0 unspecified atom stereocenters. The molecular formula is C12H20N2O. The third-order valence-electron chi connectivity index (χ3n) is 1.64. The highest BCUT2D eigenvalue weighted by Crippen LogP contribution is 2.26. The lowest BCUT2D eigenvalue weighted by Crippen LogP contribution is -2.24. The molecule has 0 aliphatic carbocycles. The van der Waals surface area contributed by atoms with Crippen LogP contribution in [0, 0.1) is 0 Å². The number of aromatic nitrogens is 1. The van der Waals surface area contributed by atoms with Crippen molar-refractivity contribution in [3.63, 3.8) is 0 Å². The highest BCUT2D eigenvalue weighted by atomic mass is 16.5. The van der Waals surface area contributed by atoms with Crippen molar-refractivity contribution in [1.82, 2.24) is 4.98 Å². The average molecular weight is 208 g/mol. The molecule has 3 heteroatoms. The van der Waals surface area contributed by atoms with Crippen LogP contribution < -0.4 is 10.1 Å². The van der Waals surface area contributed by atoms with Crippen LogP contribution in [-0.2, 0) is 0 Å². The van der Waals surface area contributed by atoms with E-state index >= 15 is 0 Å². The van der Waals surface area contributed by atoms with E-state index in [9.17, 15) is 0 Å². The Morgan fingerprint density at radius 3 is 2.53 bits per heavy atom. The Morgan fingerprint density at radius 2 is 2.00 bits per heavy atom. The standard InChI is InChI=1S/C12H20N2O/c1-9(2)14-10-8-13-7-6-11(10)15-12(3,4)5/h6-9,14H,1-5H3. The molecule has 0 aliphatic rings. The molecule has 0 saturated carbocycles. The summed E-state index contributed by atoms with van der Waals surface area (Å²) >= 11 is 0. The molecule has 1 aromatic rings. The van der Waals surface area contributed by atoms with Crippen LogP contribution in [0.1, 0.15) is 34.6 Å². The van der Waals surface area contributed by atoms with Gasteiger partial charge in [0.15, 0.2) is 0 Å². The molecule has 3 nitrogen and oxygen atoms in total. The highest BCUT2D eigenvalue weighted by Gasteiger charge is 2.14. The maximum absolute atomic E-state index is 5.83. The van der Waals surface area contributed by atoms with Crippen LogP contribution in [0.5, 0.6) is 5.75 Å². The molecule has 0 bridgehead atoms. The van der Waals surface area contributed by atoms with Gasteiger partial charge in [-0.3, -0.25) is 4.98 Å². The largest absolute Gasteiger partial charge is 0.486 e. The molecule has 1 N–H and O–H groups in total. The fourth-order valence-electron chi connectivity index (χ4n) is 1.22. The molecule has 0 spiro atoms. The second-order valence-corrected chi connectivity index (χ2v) is 4.89. The van der Waals surface area contributed by atoms with Gasteiger partial charge in [0.25, 0.3) is 0 Å². The molecule has 0 radical (unpaired) electrons. The molecule has 84 valence electrons. The van der Waals surface area contributed by atoms with Crippen molar-refractivity contribution in [3.05, 3.63) is 18.5 Å². The molecule has 0 aliphatic heterocycles. The van der Waals surface area contributed by atoms with Gasteiger partial charge in [-0.15, -0.1) is 0 Å². The molecule has 1 rings (SSSR count). The smallest absolute Gasteiger partial charge is 0.146 e. The summed E-state index contributed by atoms with van der Waals surface area (Å²) in [5.41, 5.74) is 0.761. The van der Waals surface area contributed by atoms with E-state index in [4.69, 9.17) is 4.74 Å². The minimum absolute atomic E-state index is 0.186. The van der Waals surface area contributed by atoms with Gasteiger partial charge in [-0.2, -0.15) is 0 Å². The number of hydrogen-bond acceptors (Lipinski definition) is 3. The van der Waals surface area contributed by atoms with Crippen molar-refractivity contribution in [2.24, 2.45) is 0 Å². The van der Waals surface area contributed by atoms with Crippen molar-refractivity contribution in [3.8, 4) is 5.75 Å². The van der Waals surface area contributed by atoms with Gasteiger partial charge < -0.3 is 10.1 Å². The van der Waals surface area contributed by atoms with Crippen molar-refractivity contribution >= 4 is 5.69 Å². The van der Waals surface area contributed by atoms with E-state index in [0.29, 0.717) is 6.04 Å². The minimum atomic E-state index is -0.186. The number of nitrogens with zero attached hydrogens (tertiary/aromatic N) is 1. The maximum atomic E-state index is 5.83. The molecule has 0 saturated heterocycles. The second kappa shape index (κ2) is 4.51. The number of rotatable bonds is 3. The topological polar surface area (TPSA) is 34.2 Å². The van der Waals surface area contributed by atoms with Gasteiger partial charge in [0.2, 0.25) is 0 Å². The summed E-state index contributed by atoms with van der Waals surface area (Å²) < 4.78 is 5.83. The summed E-state index contributed by atoms with van der Waals surface area (Å²) in [5.74, 6) is 0.853. The molecular weight excluding hydrogens is 188 g/mol. The summed E-state index contributed by atoms with van der Waals surface area (Å²) in [4.78, 5) is 4.09. The summed E-state index contributed by atoms with van der Waals surface area (Å²) in [7, 11) is 0. The number of pyridine rings is 1. The summed E-state index contributed by atoms with van der Waals surface area (Å²) in [6.07, 6.45) is 3.54. The molecule has 0 fully saturated rings. The van der Waals surface area contributed by atoms with E-state index in [-0.39, 0.29) is 5.60 Å². The first kappa shape index (κ1) is 11.8. The van der Waals surface area contributed by atoms with E-state index in [1.807, 2.05) is 26.8 Å². The Labute approximate surface area is 91.9 Å². The van der Waals surface area contributed by atoms with E-state index in [2.05, 4.69) is 24.1 Å². The predicted octanol–water partition coefficient (Wildman–Crippen LogP) is 3.08. The van der Waals surface area contributed by atoms with Gasteiger partial charge in [-0.05, 0) is 34.6 Å². The van der Waals surface area contributed by atoms with Crippen LogP contribution in [0.4, 0.5) is 5.69 Å². The zero-order chi connectivity index (χ0) is 11.5. The SMILES string of the molecule is CC(C)Nc1cnccc1OC(C)(C)C. The Balaban J connectivity index is 2.86. The lowest BCUT2D eigenvalue weighted by atomic mass is 10.2. The summed E-state index contributed by atoms with van der Waals surface area (Å²) in [6.45, 7) is 10.3. The normalized spacial score (nSPS) is 11.6. The first-order chi connectivity index (χ1) is 6.88. The zero-order valence-electron chi connectivity index (χ0n) is 10.2. The zero-order valence-corrected chi connectivity index (χ0v) is 10.2. The Morgan fingerprint density at radius 1 is 1.33 bits per heavy atom. The number of ether oxygens (including phenoxy) is 1. The summed E-state index contributed by atoms with van der Waals surface area (Å²) in [5, 5.41) is 3.31. The molecule has 0 atom stereocenters. The van der Waals surface area contributed by atoms with E-state index in [1.165, 1.54) is 0 Å². The molecule has 1 aromatic heterocycles. The third kappa shape index (κ3) is 4.19. The van der Waals surface area contributed by atoms with Gasteiger partial charge >= 0.3 is 0 Å². The monoisotopic (exact) mass is 208 g/mol.